The molecule has 158 valence electrons. The van der Waals surface area contributed by atoms with Crippen molar-refractivity contribution in [3.05, 3.63) is 103 Å². The van der Waals surface area contributed by atoms with Gasteiger partial charge in [-0.25, -0.2) is 9.59 Å². The first kappa shape index (κ1) is 23.0. The van der Waals surface area contributed by atoms with Crippen LogP contribution in [0.2, 0.25) is 0 Å². The molecule has 0 saturated carbocycles. The van der Waals surface area contributed by atoms with Crippen LogP contribution >= 0.6 is 22.6 Å². The average molecular weight is 536 g/mol. The maximum atomic E-state index is 12.8. The van der Waals surface area contributed by atoms with Crippen molar-refractivity contribution in [2.24, 2.45) is 0 Å². The third-order valence-corrected chi connectivity index (χ3v) is 5.83. The third-order valence-electron chi connectivity index (χ3n) is 4.75. The van der Waals surface area contributed by atoms with E-state index >= 15 is 0 Å². The molecule has 0 N–H and O–H groups in total. The number of nitriles is 2. The second kappa shape index (κ2) is 10.6. The van der Waals surface area contributed by atoms with Crippen LogP contribution in [0.4, 0.5) is 0 Å². The van der Waals surface area contributed by atoms with Crippen molar-refractivity contribution < 1.29 is 19.1 Å². The van der Waals surface area contributed by atoms with E-state index in [2.05, 4.69) is 0 Å². The van der Waals surface area contributed by atoms with Gasteiger partial charge in [0.1, 0.15) is 25.4 Å². The van der Waals surface area contributed by atoms with Gasteiger partial charge in [0, 0.05) is 3.57 Å². The lowest BCUT2D eigenvalue weighted by Gasteiger charge is -2.16. The zero-order chi connectivity index (χ0) is 23.1. The lowest BCUT2D eigenvalue weighted by molar-refractivity contribution is 0.0456. The Morgan fingerprint density at radius 1 is 0.781 bits per heavy atom. The maximum Gasteiger partial charge on any atom is 0.340 e. The first-order valence-electron chi connectivity index (χ1n) is 9.56. The van der Waals surface area contributed by atoms with Gasteiger partial charge >= 0.3 is 11.9 Å². The normalized spacial score (nSPS) is 10.0. The highest BCUT2D eigenvalue weighted by Gasteiger charge is 2.29. The largest absolute Gasteiger partial charge is 0.457 e. The van der Waals surface area contributed by atoms with Crippen molar-refractivity contribution in [2.45, 2.75) is 20.1 Å². The van der Waals surface area contributed by atoms with Crippen molar-refractivity contribution >= 4 is 34.5 Å². The molecule has 0 unspecified atom stereocenters. The second-order valence-electron chi connectivity index (χ2n) is 6.79. The average Bonchev–Trinajstić information content (AvgIpc) is 2.82. The molecular formula is C25H17IN2O4. The number of halogens is 1. The van der Waals surface area contributed by atoms with Gasteiger partial charge in [0.05, 0.1) is 22.3 Å². The summed E-state index contributed by atoms with van der Waals surface area (Å²) in [6.07, 6.45) is 0. The van der Waals surface area contributed by atoms with E-state index in [1.54, 1.807) is 34.7 Å². The van der Waals surface area contributed by atoms with Gasteiger partial charge in [-0.3, -0.25) is 0 Å². The summed E-state index contributed by atoms with van der Waals surface area (Å²) in [7, 11) is 0. The number of benzene rings is 3. The number of hydrogen-bond acceptors (Lipinski definition) is 6. The predicted octanol–water partition coefficient (Wildman–Crippen LogP) is 5.06. The van der Waals surface area contributed by atoms with Crippen LogP contribution in [-0.2, 0) is 22.7 Å². The van der Waals surface area contributed by atoms with E-state index in [0.717, 1.165) is 11.1 Å². The van der Waals surface area contributed by atoms with E-state index in [-0.39, 0.29) is 44.6 Å². The van der Waals surface area contributed by atoms with Crippen molar-refractivity contribution in [2.75, 3.05) is 0 Å². The highest BCUT2D eigenvalue weighted by Crippen LogP contribution is 2.30. The number of ether oxygens (including phenoxy) is 2. The minimum absolute atomic E-state index is 0.0156. The fraction of sp³-hybridized carbons (Fsp3) is 0.120. The summed E-state index contributed by atoms with van der Waals surface area (Å²) in [5.74, 6) is -1.47. The first-order valence-corrected chi connectivity index (χ1v) is 10.6. The molecule has 0 heterocycles. The molecule has 32 heavy (non-hydrogen) atoms. The molecule has 3 rings (SSSR count). The van der Waals surface area contributed by atoms with Gasteiger partial charge < -0.3 is 9.47 Å². The standard InChI is InChI=1S/C25H17IN2O4/c1-16-19(12-27)22(25(30)32-15-18-10-6-3-7-11-18)23(26)20(13-28)21(16)24(29)31-14-17-8-4-2-5-9-17/h2-11H,14-15H2,1H3. The molecule has 0 atom stereocenters. The smallest absolute Gasteiger partial charge is 0.340 e. The van der Waals surface area contributed by atoms with Gasteiger partial charge in [-0.2, -0.15) is 10.5 Å². The molecular weight excluding hydrogens is 519 g/mol. The second-order valence-corrected chi connectivity index (χ2v) is 7.86. The lowest BCUT2D eigenvalue weighted by atomic mass is 9.93. The number of nitrogens with zero attached hydrogens (tertiary/aromatic N) is 2. The molecule has 0 radical (unpaired) electrons. The van der Waals surface area contributed by atoms with E-state index in [1.165, 1.54) is 6.92 Å². The van der Waals surface area contributed by atoms with Gasteiger partial charge in [0.25, 0.3) is 0 Å². The van der Waals surface area contributed by atoms with E-state index in [0.29, 0.717) is 0 Å². The van der Waals surface area contributed by atoms with Gasteiger partial charge in [-0.15, -0.1) is 0 Å². The van der Waals surface area contributed by atoms with Gasteiger partial charge in [-0.05, 0) is 46.2 Å². The van der Waals surface area contributed by atoms with Crippen molar-refractivity contribution in [1.29, 1.82) is 10.5 Å². The Kier molecular flexibility index (Phi) is 7.58. The summed E-state index contributed by atoms with van der Waals surface area (Å²) in [6, 6.07) is 22.2. The van der Waals surface area contributed by atoms with Crippen molar-refractivity contribution in [3.8, 4) is 12.1 Å². The number of carbonyl (C=O) groups excluding carboxylic acids is 2. The quantitative estimate of drug-likeness (QED) is 0.323. The van der Waals surface area contributed by atoms with Crippen LogP contribution in [0.3, 0.4) is 0 Å². The lowest BCUT2D eigenvalue weighted by Crippen LogP contribution is -2.18. The molecule has 0 amide bonds. The minimum atomic E-state index is -0.737. The Morgan fingerprint density at radius 3 is 1.66 bits per heavy atom. The molecule has 3 aromatic rings. The van der Waals surface area contributed by atoms with Gasteiger partial charge in [0.15, 0.2) is 0 Å². The molecule has 0 spiro atoms. The Bertz CT molecular complexity index is 1140. The SMILES string of the molecule is Cc1c(C#N)c(C(=O)OCc2ccccc2)c(I)c(C#N)c1C(=O)OCc1ccccc1. The topological polar surface area (TPSA) is 100 Å². The molecule has 7 heteroatoms. The Morgan fingerprint density at radius 2 is 1.22 bits per heavy atom. The minimum Gasteiger partial charge on any atom is -0.457 e. The predicted molar refractivity (Wildman–Crippen MR) is 124 cm³/mol. The van der Waals surface area contributed by atoms with E-state index in [9.17, 15) is 20.1 Å². The van der Waals surface area contributed by atoms with Gasteiger partial charge in [-0.1, -0.05) is 60.7 Å². The van der Waals surface area contributed by atoms with Crippen LogP contribution in [0, 0.1) is 33.2 Å². The summed E-state index contributed by atoms with van der Waals surface area (Å²) in [4.78, 5) is 25.7. The number of carbonyl (C=O) groups is 2. The summed E-state index contributed by atoms with van der Waals surface area (Å²) < 4.78 is 10.9. The molecule has 0 bridgehead atoms. The molecule has 3 aromatic carbocycles. The molecule has 6 nitrogen and oxygen atoms in total. The van der Waals surface area contributed by atoms with Crippen LogP contribution in [0.25, 0.3) is 0 Å². The highest BCUT2D eigenvalue weighted by molar-refractivity contribution is 14.1. The fourth-order valence-corrected chi connectivity index (χ4v) is 4.01. The molecule has 0 aliphatic heterocycles. The first-order chi connectivity index (χ1) is 15.5. The van der Waals surface area contributed by atoms with E-state index in [1.807, 2.05) is 60.7 Å². The van der Waals surface area contributed by atoms with E-state index < -0.39 is 11.9 Å². The van der Waals surface area contributed by atoms with Crippen LogP contribution in [-0.4, -0.2) is 11.9 Å². The molecule has 0 aliphatic carbocycles. The Hall–Kier alpha value is -3.69. The number of esters is 2. The highest BCUT2D eigenvalue weighted by atomic mass is 127. The molecule has 0 aliphatic rings. The van der Waals surface area contributed by atoms with Crippen LogP contribution < -0.4 is 0 Å². The molecule has 0 aromatic heterocycles. The number of rotatable bonds is 6. The van der Waals surface area contributed by atoms with Gasteiger partial charge in [0.2, 0.25) is 0 Å². The monoisotopic (exact) mass is 536 g/mol. The number of hydrogen-bond donors (Lipinski definition) is 0. The van der Waals surface area contributed by atoms with Crippen molar-refractivity contribution in [3.63, 3.8) is 0 Å². The fourth-order valence-electron chi connectivity index (χ4n) is 3.13. The Labute approximate surface area is 199 Å². The zero-order valence-electron chi connectivity index (χ0n) is 17.1. The third kappa shape index (κ3) is 4.96. The van der Waals surface area contributed by atoms with Crippen LogP contribution in [0.5, 0.6) is 0 Å². The summed E-state index contributed by atoms with van der Waals surface area (Å²) in [5, 5.41) is 19.5. The summed E-state index contributed by atoms with van der Waals surface area (Å²) >= 11 is 1.79. The van der Waals surface area contributed by atoms with E-state index in [4.69, 9.17) is 9.47 Å². The summed E-state index contributed by atoms with van der Waals surface area (Å²) in [5.41, 5.74) is 1.68. The molecule has 0 fully saturated rings. The Balaban J connectivity index is 1.94. The molecule has 0 saturated heterocycles. The maximum absolute atomic E-state index is 12.8. The van der Waals surface area contributed by atoms with Crippen LogP contribution in [0.1, 0.15) is 48.5 Å². The van der Waals surface area contributed by atoms with Crippen LogP contribution in [0.15, 0.2) is 60.7 Å². The van der Waals surface area contributed by atoms with Crippen molar-refractivity contribution in [1.82, 2.24) is 0 Å². The summed E-state index contributed by atoms with van der Waals surface area (Å²) in [6.45, 7) is 1.55. The zero-order valence-corrected chi connectivity index (χ0v) is 19.3.